The number of ether oxygens (including phenoxy) is 2. The first-order chi connectivity index (χ1) is 15.2. The van der Waals surface area contributed by atoms with Crippen molar-refractivity contribution in [3.05, 3.63) is 77.9 Å². The average molecular weight is 458 g/mol. The first kappa shape index (κ1) is 21.6. The van der Waals surface area contributed by atoms with Crippen LogP contribution in [0.2, 0.25) is 0 Å². The number of halogens is 3. The number of nitrogens with two attached hydrogens (primary N) is 1. The number of primary amides is 1. The van der Waals surface area contributed by atoms with E-state index < -0.39 is 23.9 Å². The molecule has 3 aromatic carbocycles. The largest absolute Gasteiger partial charge is 0.486 e. The summed E-state index contributed by atoms with van der Waals surface area (Å²) in [5.41, 5.74) is 5.74. The summed E-state index contributed by atoms with van der Waals surface area (Å²) in [5, 5.41) is 0.601. The van der Waals surface area contributed by atoms with Gasteiger partial charge in [0.1, 0.15) is 22.6 Å². The van der Waals surface area contributed by atoms with Crippen molar-refractivity contribution in [1.29, 1.82) is 0 Å². The molecule has 0 radical (unpaired) electrons. The summed E-state index contributed by atoms with van der Waals surface area (Å²) < 4.78 is 51.6. The van der Waals surface area contributed by atoms with Crippen LogP contribution < -0.4 is 15.2 Å². The fourth-order valence-electron chi connectivity index (χ4n) is 3.31. The van der Waals surface area contributed by atoms with E-state index in [1.54, 1.807) is 55.5 Å². The number of hydrogen-bond donors (Lipinski definition) is 1. The quantitative estimate of drug-likeness (QED) is 0.367. The maximum Gasteiger partial charge on any atom is 0.416 e. The van der Waals surface area contributed by atoms with Crippen LogP contribution in [0.4, 0.5) is 18.0 Å². The zero-order valence-corrected chi connectivity index (χ0v) is 17.5. The molecule has 1 heterocycles. The van der Waals surface area contributed by atoms with Crippen molar-refractivity contribution >= 4 is 27.6 Å². The van der Waals surface area contributed by atoms with Gasteiger partial charge in [-0.2, -0.15) is 13.2 Å². The van der Waals surface area contributed by atoms with Crippen LogP contribution in [0.25, 0.3) is 20.8 Å². The average Bonchev–Trinajstić information content (AvgIpc) is 3.16. The van der Waals surface area contributed by atoms with E-state index in [4.69, 9.17) is 15.2 Å². The number of benzene rings is 3. The van der Waals surface area contributed by atoms with Crippen molar-refractivity contribution in [2.45, 2.75) is 19.2 Å². The summed E-state index contributed by atoms with van der Waals surface area (Å²) >= 11 is 1.33. The zero-order chi connectivity index (χ0) is 22.9. The van der Waals surface area contributed by atoms with Gasteiger partial charge in [0.15, 0.2) is 0 Å². The number of nitrogens with zero attached hydrogens (tertiary/aromatic N) is 1. The van der Waals surface area contributed by atoms with Crippen molar-refractivity contribution in [3.8, 4) is 22.1 Å². The second-order valence-corrected chi connectivity index (χ2v) is 7.94. The standard InChI is InChI=1S/C23H17F3N2O3S/c1-13(15-6-2-4-8-17(15)23(24,25)26)30-14-10-11-18-20(12-14)32-21(28-18)16-7-3-5-9-19(16)31-22(27)29/h2-13H,1H3,(H2,27,29). The molecule has 0 fully saturated rings. The van der Waals surface area contributed by atoms with Gasteiger partial charge in [0.25, 0.3) is 0 Å². The number of para-hydroxylation sites is 1. The zero-order valence-electron chi connectivity index (χ0n) is 16.7. The Morgan fingerprint density at radius 3 is 2.53 bits per heavy atom. The molecule has 5 nitrogen and oxygen atoms in total. The lowest BCUT2D eigenvalue weighted by molar-refractivity contribution is -0.138. The third-order valence-electron chi connectivity index (χ3n) is 4.70. The Hall–Kier alpha value is -3.59. The van der Waals surface area contributed by atoms with E-state index in [1.807, 2.05) is 0 Å². The van der Waals surface area contributed by atoms with Gasteiger partial charge in [-0.05, 0) is 43.3 Å². The molecule has 0 spiro atoms. The van der Waals surface area contributed by atoms with Crippen LogP contribution in [0.1, 0.15) is 24.2 Å². The number of carbonyl (C=O) groups is 1. The van der Waals surface area contributed by atoms with Gasteiger partial charge in [0, 0.05) is 5.56 Å². The molecule has 0 aliphatic carbocycles. The highest BCUT2D eigenvalue weighted by Gasteiger charge is 2.34. The molecule has 0 saturated heterocycles. The Kier molecular flexibility index (Phi) is 5.75. The highest BCUT2D eigenvalue weighted by atomic mass is 32.1. The van der Waals surface area contributed by atoms with Crippen LogP contribution in [0.5, 0.6) is 11.5 Å². The van der Waals surface area contributed by atoms with E-state index in [0.717, 1.165) is 10.8 Å². The third-order valence-corrected chi connectivity index (χ3v) is 5.76. The summed E-state index contributed by atoms with van der Waals surface area (Å²) in [7, 11) is 0. The summed E-state index contributed by atoms with van der Waals surface area (Å²) in [5.74, 6) is 0.701. The van der Waals surface area contributed by atoms with Gasteiger partial charge < -0.3 is 15.2 Å². The molecule has 0 bridgehead atoms. The van der Waals surface area contributed by atoms with E-state index >= 15 is 0 Å². The van der Waals surface area contributed by atoms with Crippen LogP contribution in [-0.4, -0.2) is 11.1 Å². The number of alkyl halides is 3. The van der Waals surface area contributed by atoms with Gasteiger partial charge in [0.2, 0.25) is 0 Å². The fourth-order valence-corrected chi connectivity index (χ4v) is 4.34. The number of thiazole rings is 1. The summed E-state index contributed by atoms with van der Waals surface area (Å²) in [6, 6.07) is 17.3. The SMILES string of the molecule is CC(Oc1ccc2nc(-c3ccccc3OC(N)=O)sc2c1)c1ccccc1C(F)(F)F. The van der Waals surface area contributed by atoms with Crippen molar-refractivity contribution in [2.24, 2.45) is 5.73 Å². The molecule has 164 valence electrons. The minimum atomic E-state index is -4.47. The molecule has 4 rings (SSSR count). The molecule has 32 heavy (non-hydrogen) atoms. The predicted molar refractivity (Wildman–Crippen MR) is 116 cm³/mol. The topological polar surface area (TPSA) is 74.4 Å². The number of amides is 1. The summed E-state index contributed by atoms with van der Waals surface area (Å²) in [6.45, 7) is 1.57. The molecule has 9 heteroatoms. The van der Waals surface area contributed by atoms with Gasteiger partial charge >= 0.3 is 12.3 Å². The lowest BCUT2D eigenvalue weighted by Gasteiger charge is -2.19. The number of aromatic nitrogens is 1. The van der Waals surface area contributed by atoms with E-state index in [-0.39, 0.29) is 11.3 Å². The van der Waals surface area contributed by atoms with Crippen molar-refractivity contribution in [3.63, 3.8) is 0 Å². The molecule has 1 atom stereocenters. The van der Waals surface area contributed by atoms with Crippen LogP contribution in [-0.2, 0) is 6.18 Å². The molecule has 0 saturated carbocycles. The smallest absolute Gasteiger partial charge is 0.416 e. The number of fused-ring (bicyclic) bond motifs is 1. The lowest BCUT2D eigenvalue weighted by Crippen LogP contribution is -2.16. The molecular formula is C23H17F3N2O3S. The Balaban J connectivity index is 1.63. The van der Waals surface area contributed by atoms with Crippen LogP contribution >= 0.6 is 11.3 Å². The maximum absolute atomic E-state index is 13.3. The monoisotopic (exact) mass is 458 g/mol. The van der Waals surface area contributed by atoms with Crippen molar-refractivity contribution in [2.75, 3.05) is 0 Å². The maximum atomic E-state index is 13.3. The highest BCUT2D eigenvalue weighted by Crippen LogP contribution is 2.39. The van der Waals surface area contributed by atoms with Gasteiger partial charge in [0.05, 0.1) is 21.3 Å². The molecule has 2 N–H and O–H groups in total. The molecule has 1 aromatic heterocycles. The van der Waals surface area contributed by atoms with E-state index in [1.165, 1.54) is 23.5 Å². The number of carbonyl (C=O) groups excluding carboxylic acids is 1. The first-order valence-electron chi connectivity index (χ1n) is 9.52. The molecule has 1 amide bonds. The normalized spacial score (nSPS) is 12.5. The fraction of sp³-hybridized carbons (Fsp3) is 0.130. The van der Waals surface area contributed by atoms with E-state index in [0.29, 0.717) is 21.8 Å². The van der Waals surface area contributed by atoms with Crippen molar-refractivity contribution < 1.29 is 27.4 Å². The minimum Gasteiger partial charge on any atom is -0.486 e. The third kappa shape index (κ3) is 4.52. The van der Waals surface area contributed by atoms with E-state index in [2.05, 4.69) is 4.98 Å². The first-order valence-corrected chi connectivity index (χ1v) is 10.3. The van der Waals surface area contributed by atoms with Crippen LogP contribution in [0.3, 0.4) is 0 Å². The van der Waals surface area contributed by atoms with Crippen molar-refractivity contribution in [1.82, 2.24) is 4.98 Å². The number of rotatable bonds is 5. The van der Waals surface area contributed by atoms with Gasteiger partial charge in [-0.25, -0.2) is 9.78 Å². The number of hydrogen-bond acceptors (Lipinski definition) is 5. The Labute approximate surface area is 185 Å². The van der Waals surface area contributed by atoms with E-state index in [9.17, 15) is 18.0 Å². The Morgan fingerprint density at radius 1 is 1.06 bits per heavy atom. The minimum absolute atomic E-state index is 0.0580. The Bertz CT molecular complexity index is 1290. The summed E-state index contributed by atoms with van der Waals surface area (Å²) in [4.78, 5) is 15.7. The van der Waals surface area contributed by atoms with Crippen LogP contribution in [0.15, 0.2) is 66.7 Å². The highest BCUT2D eigenvalue weighted by molar-refractivity contribution is 7.21. The van der Waals surface area contributed by atoms with Gasteiger partial charge in [-0.3, -0.25) is 0 Å². The van der Waals surface area contributed by atoms with Gasteiger partial charge in [-0.15, -0.1) is 11.3 Å². The second-order valence-electron chi connectivity index (χ2n) is 6.91. The lowest BCUT2D eigenvalue weighted by atomic mass is 10.0. The molecule has 0 aliphatic rings. The predicted octanol–water partition coefficient (Wildman–Crippen LogP) is 6.58. The summed E-state index contributed by atoms with van der Waals surface area (Å²) in [6.07, 6.45) is -6.21. The Morgan fingerprint density at radius 2 is 1.78 bits per heavy atom. The van der Waals surface area contributed by atoms with Gasteiger partial charge in [-0.1, -0.05) is 30.3 Å². The van der Waals surface area contributed by atoms with Crippen LogP contribution in [0, 0.1) is 0 Å². The molecular weight excluding hydrogens is 441 g/mol. The molecule has 1 unspecified atom stereocenters. The molecule has 4 aromatic rings. The second kappa shape index (κ2) is 8.51. The molecule has 0 aliphatic heterocycles.